The SMILES string of the molecule is COc1ccc(NC(=O)NCC(F)(F)F)cc1N. The number of rotatable bonds is 3. The first-order valence-corrected chi connectivity index (χ1v) is 4.87. The third-order valence-electron chi connectivity index (χ3n) is 1.94. The zero-order valence-corrected chi connectivity index (χ0v) is 9.47. The molecule has 0 bridgehead atoms. The molecule has 1 rings (SSSR count). The first-order valence-electron chi connectivity index (χ1n) is 4.87. The van der Waals surface area contributed by atoms with Gasteiger partial charge in [0.05, 0.1) is 12.8 Å². The maximum Gasteiger partial charge on any atom is 0.405 e. The van der Waals surface area contributed by atoms with Gasteiger partial charge < -0.3 is 21.1 Å². The van der Waals surface area contributed by atoms with Gasteiger partial charge in [-0.3, -0.25) is 0 Å². The molecular weight excluding hydrogens is 251 g/mol. The number of ether oxygens (including phenoxy) is 1. The van der Waals surface area contributed by atoms with Crippen molar-refractivity contribution in [3.05, 3.63) is 18.2 Å². The molecule has 100 valence electrons. The largest absolute Gasteiger partial charge is 0.495 e. The van der Waals surface area contributed by atoms with Crippen LogP contribution in [-0.2, 0) is 0 Å². The molecule has 0 aliphatic carbocycles. The molecule has 0 atom stereocenters. The van der Waals surface area contributed by atoms with Gasteiger partial charge in [0.1, 0.15) is 12.3 Å². The maximum absolute atomic E-state index is 11.8. The number of urea groups is 1. The Morgan fingerprint density at radius 3 is 2.61 bits per heavy atom. The lowest BCUT2D eigenvalue weighted by Crippen LogP contribution is -2.36. The zero-order chi connectivity index (χ0) is 13.8. The van der Waals surface area contributed by atoms with Crippen LogP contribution in [0.2, 0.25) is 0 Å². The van der Waals surface area contributed by atoms with Crippen LogP contribution >= 0.6 is 0 Å². The van der Waals surface area contributed by atoms with Gasteiger partial charge in [0, 0.05) is 5.69 Å². The summed E-state index contributed by atoms with van der Waals surface area (Å²) < 4.78 is 40.4. The average Bonchev–Trinajstić information content (AvgIpc) is 2.26. The number of carbonyl (C=O) groups excluding carboxylic acids is 1. The predicted molar refractivity (Wildman–Crippen MR) is 60.5 cm³/mol. The van der Waals surface area contributed by atoms with Crippen LogP contribution in [0.25, 0.3) is 0 Å². The van der Waals surface area contributed by atoms with Crippen molar-refractivity contribution in [2.45, 2.75) is 6.18 Å². The number of amides is 2. The van der Waals surface area contributed by atoms with Crippen molar-refractivity contribution in [3.8, 4) is 5.75 Å². The molecule has 8 heteroatoms. The summed E-state index contributed by atoms with van der Waals surface area (Å²) in [5.41, 5.74) is 6.11. The van der Waals surface area contributed by atoms with Gasteiger partial charge in [-0.2, -0.15) is 13.2 Å². The molecule has 0 fully saturated rings. The van der Waals surface area contributed by atoms with Gasteiger partial charge in [-0.15, -0.1) is 0 Å². The van der Waals surface area contributed by atoms with Crippen LogP contribution in [0.5, 0.6) is 5.75 Å². The van der Waals surface area contributed by atoms with E-state index < -0.39 is 18.8 Å². The quantitative estimate of drug-likeness (QED) is 0.729. The minimum atomic E-state index is -4.45. The number of carbonyl (C=O) groups is 1. The fraction of sp³-hybridized carbons (Fsp3) is 0.300. The van der Waals surface area contributed by atoms with E-state index in [4.69, 9.17) is 10.5 Å². The number of alkyl halides is 3. The van der Waals surface area contributed by atoms with Crippen LogP contribution in [0, 0.1) is 0 Å². The Morgan fingerprint density at radius 2 is 2.11 bits per heavy atom. The highest BCUT2D eigenvalue weighted by Gasteiger charge is 2.27. The van der Waals surface area contributed by atoms with Crippen LogP contribution in [0.1, 0.15) is 0 Å². The fourth-order valence-electron chi connectivity index (χ4n) is 1.17. The predicted octanol–water partition coefficient (Wildman–Crippen LogP) is 1.96. The molecule has 0 saturated heterocycles. The number of hydrogen-bond donors (Lipinski definition) is 3. The van der Waals surface area contributed by atoms with E-state index >= 15 is 0 Å². The number of benzene rings is 1. The lowest BCUT2D eigenvalue weighted by Gasteiger charge is -2.11. The van der Waals surface area contributed by atoms with E-state index in [9.17, 15) is 18.0 Å². The van der Waals surface area contributed by atoms with Gasteiger partial charge in [0.15, 0.2) is 0 Å². The number of nitrogens with two attached hydrogens (primary N) is 1. The molecule has 0 heterocycles. The van der Waals surface area contributed by atoms with Gasteiger partial charge >= 0.3 is 12.2 Å². The number of nitrogens with one attached hydrogen (secondary N) is 2. The molecule has 2 amide bonds. The van der Waals surface area contributed by atoms with Crippen LogP contribution in [0.3, 0.4) is 0 Å². The zero-order valence-electron chi connectivity index (χ0n) is 9.47. The van der Waals surface area contributed by atoms with E-state index in [1.807, 2.05) is 0 Å². The maximum atomic E-state index is 11.8. The average molecular weight is 263 g/mol. The fourth-order valence-corrected chi connectivity index (χ4v) is 1.17. The molecule has 0 spiro atoms. The second kappa shape index (κ2) is 5.48. The Kier molecular flexibility index (Phi) is 4.24. The van der Waals surface area contributed by atoms with Crippen molar-refractivity contribution in [3.63, 3.8) is 0 Å². The summed E-state index contributed by atoms with van der Waals surface area (Å²) in [6.07, 6.45) is -4.45. The Hall–Kier alpha value is -2.12. The molecule has 1 aromatic carbocycles. The van der Waals surface area contributed by atoms with Crippen LogP contribution < -0.4 is 21.1 Å². The highest BCUT2D eigenvalue weighted by atomic mass is 19.4. The van der Waals surface area contributed by atoms with E-state index in [-0.39, 0.29) is 11.4 Å². The summed E-state index contributed by atoms with van der Waals surface area (Å²) >= 11 is 0. The monoisotopic (exact) mass is 263 g/mol. The standard InChI is InChI=1S/C10H12F3N3O2/c1-18-8-3-2-6(4-7(8)14)16-9(17)15-5-10(11,12)13/h2-4H,5,14H2,1H3,(H2,15,16,17). The van der Waals surface area contributed by atoms with E-state index in [2.05, 4.69) is 5.32 Å². The van der Waals surface area contributed by atoms with Gasteiger partial charge in [-0.05, 0) is 18.2 Å². The molecule has 4 N–H and O–H groups in total. The van der Waals surface area contributed by atoms with E-state index in [1.54, 1.807) is 5.32 Å². The van der Waals surface area contributed by atoms with Crippen molar-refractivity contribution in [1.82, 2.24) is 5.32 Å². The van der Waals surface area contributed by atoms with Crippen molar-refractivity contribution >= 4 is 17.4 Å². The van der Waals surface area contributed by atoms with E-state index in [1.165, 1.54) is 25.3 Å². The molecule has 5 nitrogen and oxygen atoms in total. The summed E-state index contributed by atoms with van der Waals surface area (Å²) in [5, 5.41) is 3.89. The minimum Gasteiger partial charge on any atom is -0.495 e. The van der Waals surface area contributed by atoms with Crippen LogP contribution in [-0.4, -0.2) is 25.9 Å². The van der Waals surface area contributed by atoms with Crippen LogP contribution in [0.4, 0.5) is 29.3 Å². The molecule has 0 aromatic heterocycles. The third-order valence-corrected chi connectivity index (χ3v) is 1.94. The Labute approximate surface area is 101 Å². The normalized spacial score (nSPS) is 10.9. The van der Waals surface area contributed by atoms with Crippen molar-refractivity contribution < 1.29 is 22.7 Å². The highest BCUT2D eigenvalue weighted by Crippen LogP contribution is 2.24. The van der Waals surface area contributed by atoms with Crippen LogP contribution in [0.15, 0.2) is 18.2 Å². The number of anilines is 2. The minimum absolute atomic E-state index is 0.270. The molecule has 0 aliphatic heterocycles. The van der Waals surface area contributed by atoms with Gasteiger partial charge in [0.2, 0.25) is 0 Å². The van der Waals surface area contributed by atoms with Crippen molar-refractivity contribution in [1.29, 1.82) is 0 Å². The Bertz CT molecular complexity index is 435. The smallest absolute Gasteiger partial charge is 0.405 e. The lowest BCUT2D eigenvalue weighted by atomic mass is 10.2. The molecule has 0 radical (unpaired) electrons. The molecule has 0 aliphatic rings. The van der Waals surface area contributed by atoms with Gasteiger partial charge in [-0.25, -0.2) is 4.79 Å². The summed E-state index contributed by atoms with van der Waals surface area (Å²) in [4.78, 5) is 11.1. The van der Waals surface area contributed by atoms with Crippen molar-refractivity contribution in [2.24, 2.45) is 0 Å². The van der Waals surface area contributed by atoms with E-state index in [0.717, 1.165) is 0 Å². The second-order valence-electron chi connectivity index (χ2n) is 3.38. The summed E-state index contributed by atoms with van der Waals surface area (Å²) in [5.74, 6) is 0.413. The van der Waals surface area contributed by atoms with Gasteiger partial charge in [-0.1, -0.05) is 0 Å². The number of halogens is 3. The summed E-state index contributed by atoms with van der Waals surface area (Å²) in [6, 6.07) is 3.38. The second-order valence-corrected chi connectivity index (χ2v) is 3.38. The molecule has 1 aromatic rings. The Morgan fingerprint density at radius 1 is 1.44 bits per heavy atom. The number of hydrogen-bond acceptors (Lipinski definition) is 3. The highest BCUT2D eigenvalue weighted by molar-refractivity contribution is 5.90. The lowest BCUT2D eigenvalue weighted by molar-refractivity contribution is -0.122. The van der Waals surface area contributed by atoms with Crippen molar-refractivity contribution in [2.75, 3.05) is 24.7 Å². The number of nitrogen functional groups attached to an aromatic ring is 1. The summed E-state index contributed by atoms with van der Waals surface area (Å²) in [7, 11) is 1.43. The Balaban J connectivity index is 2.57. The molecule has 18 heavy (non-hydrogen) atoms. The first-order chi connectivity index (χ1) is 8.31. The third kappa shape index (κ3) is 4.40. The topological polar surface area (TPSA) is 76.4 Å². The first kappa shape index (κ1) is 13.9. The summed E-state index contributed by atoms with van der Waals surface area (Å²) in [6.45, 7) is -1.40. The number of methoxy groups -OCH3 is 1. The molecule has 0 saturated carbocycles. The molecule has 0 unspecified atom stereocenters. The van der Waals surface area contributed by atoms with E-state index in [0.29, 0.717) is 5.75 Å². The van der Waals surface area contributed by atoms with Gasteiger partial charge in [0.25, 0.3) is 0 Å². The molecular formula is C10H12F3N3O2.